The van der Waals surface area contributed by atoms with Crippen molar-refractivity contribution in [3.05, 3.63) is 72.0 Å². The van der Waals surface area contributed by atoms with E-state index in [0.717, 1.165) is 28.1 Å². The Balaban J connectivity index is 1.70. The molecule has 0 aliphatic heterocycles. The Morgan fingerprint density at radius 1 is 0.960 bits per heavy atom. The van der Waals surface area contributed by atoms with Crippen LogP contribution in [0, 0.1) is 5.82 Å². The Hall–Kier alpha value is -3.28. The van der Waals surface area contributed by atoms with Crippen molar-refractivity contribution in [3.63, 3.8) is 0 Å². The molecule has 6 heteroatoms. The first-order chi connectivity index (χ1) is 12.2. The third-order valence-corrected chi connectivity index (χ3v) is 3.99. The number of fused-ring (bicyclic) bond motifs is 1. The Morgan fingerprint density at radius 2 is 1.72 bits per heavy atom. The Kier molecular flexibility index (Phi) is 3.85. The van der Waals surface area contributed by atoms with Crippen LogP contribution in [0.3, 0.4) is 0 Å². The SMILES string of the molecule is COc1ccc(-c2ccc3nnn(Cc4ccc(F)cc4)c3n2)cc1. The molecule has 0 saturated carbocycles. The van der Waals surface area contributed by atoms with Crippen molar-refractivity contribution in [3.8, 4) is 17.0 Å². The lowest BCUT2D eigenvalue weighted by Crippen LogP contribution is -2.03. The highest BCUT2D eigenvalue weighted by Crippen LogP contribution is 2.22. The zero-order valence-electron chi connectivity index (χ0n) is 13.6. The van der Waals surface area contributed by atoms with E-state index in [1.54, 1.807) is 23.9 Å². The van der Waals surface area contributed by atoms with Gasteiger partial charge in [0.25, 0.3) is 0 Å². The van der Waals surface area contributed by atoms with Crippen molar-refractivity contribution in [1.29, 1.82) is 0 Å². The molecule has 4 aromatic rings. The van der Waals surface area contributed by atoms with Crippen LogP contribution in [0.25, 0.3) is 22.4 Å². The molecule has 0 bridgehead atoms. The van der Waals surface area contributed by atoms with Crippen LogP contribution in [-0.2, 0) is 6.54 Å². The highest BCUT2D eigenvalue weighted by Gasteiger charge is 2.09. The van der Waals surface area contributed by atoms with Crippen LogP contribution in [-0.4, -0.2) is 27.1 Å². The lowest BCUT2D eigenvalue weighted by molar-refractivity contribution is 0.415. The van der Waals surface area contributed by atoms with Crippen molar-refractivity contribution in [2.45, 2.75) is 6.54 Å². The summed E-state index contributed by atoms with van der Waals surface area (Å²) in [7, 11) is 1.64. The van der Waals surface area contributed by atoms with Crippen LogP contribution in [0.4, 0.5) is 4.39 Å². The van der Waals surface area contributed by atoms with E-state index in [9.17, 15) is 4.39 Å². The molecule has 124 valence electrons. The average molecular weight is 334 g/mol. The second-order valence-electron chi connectivity index (χ2n) is 5.64. The molecule has 25 heavy (non-hydrogen) atoms. The van der Waals surface area contributed by atoms with Crippen molar-refractivity contribution in [1.82, 2.24) is 20.0 Å². The number of ether oxygens (including phenoxy) is 1. The largest absolute Gasteiger partial charge is 0.497 e. The van der Waals surface area contributed by atoms with Gasteiger partial charge < -0.3 is 4.74 Å². The normalized spacial score (nSPS) is 11.0. The molecule has 0 aliphatic rings. The van der Waals surface area contributed by atoms with Gasteiger partial charge in [0.1, 0.15) is 17.1 Å². The van der Waals surface area contributed by atoms with E-state index in [1.807, 2.05) is 36.4 Å². The number of halogens is 1. The minimum atomic E-state index is -0.257. The number of nitrogens with zero attached hydrogens (tertiary/aromatic N) is 4. The molecule has 0 spiro atoms. The molecule has 5 nitrogen and oxygen atoms in total. The van der Waals surface area contributed by atoms with Gasteiger partial charge in [0.05, 0.1) is 19.3 Å². The van der Waals surface area contributed by atoms with E-state index in [4.69, 9.17) is 9.72 Å². The summed E-state index contributed by atoms with van der Waals surface area (Å²) in [5.74, 6) is 0.542. The third kappa shape index (κ3) is 3.06. The molecule has 0 atom stereocenters. The first kappa shape index (κ1) is 15.3. The van der Waals surface area contributed by atoms with Crippen LogP contribution in [0.2, 0.25) is 0 Å². The molecule has 0 radical (unpaired) electrons. The Labute approximate surface area is 143 Å². The number of rotatable bonds is 4. The molecule has 2 aromatic heterocycles. The monoisotopic (exact) mass is 334 g/mol. The molecule has 0 fully saturated rings. The van der Waals surface area contributed by atoms with Gasteiger partial charge in [-0.1, -0.05) is 17.3 Å². The molecule has 4 rings (SSSR count). The first-order valence-electron chi connectivity index (χ1n) is 7.82. The number of aromatic nitrogens is 4. The molecular formula is C19H15FN4O. The zero-order chi connectivity index (χ0) is 17.2. The molecule has 0 amide bonds. The van der Waals surface area contributed by atoms with Crippen molar-refractivity contribution < 1.29 is 9.13 Å². The van der Waals surface area contributed by atoms with E-state index >= 15 is 0 Å². The topological polar surface area (TPSA) is 52.8 Å². The predicted octanol–water partition coefficient (Wildman–Crippen LogP) is 3.69. The summed E-state index contributed by atoms with van der Waals surface area (Å²) in [5.41, 5.74) is 4.16. The number of pyridine rings is 1. The van der Waals surface area contributed by atoms with Gasteiger partial charge in [-0.05, 0) is 54.1 Å². The van der Waals surface area contributed by atoms with Gasteiger partial charge >= 0.3 is 0 Å². The smallest absolute Gasteiger partial charge is 0.179 e. The second-order valence-corrected chi connectivity index (χ2v) is 5.64. The first-order valence-corrected chi connectivity index (χ1v) is 7.82. The Bertz CT molecular complexity index is 1010. The standard InChI is InChI=1S/C19H15FN4O/c1-25-16-8-4-14(5-9-16)17-10-11-18-19(21-17)24(23-22-18)12-13-2-6-15(20)7-3-13/h2-11H,12H2,1H3. The molecule has 0 unspecified atom stereocenters. The summed E-state index contributed by atoms with van der Waals surface area (Å²) in [6.45, 7) is 0.482. The zero-order valence-corrected chi connectivity index (χ0v) is 13.6. The summed E-state index contributed by atoms with van der Waals surface area (Å²) in [4.78, 5) is 4.70. The van der Waals surface area contributed by atoms with Gasteiger partial charge in [0, 0.05) is 5.56 Å². The van der Waals surface area contributed by atoms with Gasteiger partial charge in [-0.3, -0.25) is 0 Å². The molecule has 2 heterocycles. The maximum absolute atomic E-state index is 13.1. The molecular weight excluding hydrogens is 319 g/mol. The van der Waals surface area contributed by atoms with E-state index < -0.39 is 0 Å². The fourth-order valence-electron chi connectivity index (χ4n) is 2.65. The highest BCUT2D eigenvalue weighted by atomic mass is 19.1. The van der Waals surface area contributed by atoms with E-state index in [-0.39, 0.29) is 5.82 Å². The minimum Gasteiger partial charge on any atom is -0.497 e. The summed E-state index contributed by atoms with van der Waals surface area (Å²) in [6.07, 6.45) is 0. The van der Waals surface area contributed by atoms with Crippen LogP contribution in [0.15, 0.2) is 60.7 Å². The maximum atomic E-state index is 13.1. The number of hydrogen-bond acceptors (Lipinski definition) is 4. The lowest BCUT2D eigenvalue weighted by atomic mass is 10.1. The molecule has 0 aliphatic carbocycles. The lowest BCUT2D eigenvalue weighted by Gasteiger charge is -2.05. The van der Waals surface area contributed by atoms with Gasteiger partial charge in [-0.25, -0.2) is 14.1 Å². The maximum Gasteiger partial charge on any atom is 0.179 e. The molecule has 0 N–H and O–H groups in total. The average Bonchev–Trinajstić information content (AvgIpc) is 3.06. The van der Waals surface area contributed by atoms with Crippen molar-refractivity contribution in [2.75, 3.05) is 7.11 Å². The van der Waals surface area contributed by atoms with Gasteiger partial charge in [0.2, 0.25) is 0 Å². The fraction of sp³-hybridized carbons (Fsp3) is 0.105. The van der Waals surface area contributed by atoms with Gasteiger partial charge in [-0.15, -0.1) is 5.10 Å². The van der Waals surface area contributed by atoms with Gasteiger partial charge in [-0.2, -0.15) is 0 Å². The van der Waals surface area contributed by atoms with Crippen LogP contribution >= 0.6 is 0 Å². The van der Waals surface area contributed by atoms with Crippen LogP contribution < -0.4 is 4.74 Å². The van der Waals surface area contributed by atoms with Crippen LogP contribution in [0.1, 0.15) is 5.56 Å². The minimum absolute atomic E-state index is 0.257. The molecule has 2 aromatic carbocycles. The van der Waals surface area contributed by atoms with Crippen LogP contribution in [0.5, 0.6) is 5.75 Å². The summed E-state index contributed by atoms with van der Waals surface area (Å²) >= 11 is 0. The number of hydrogen-bond donors (Lipinski definition) is 0. The fourth-order valence-corrected chi connectivity index (χ4v) is 2.65. The number of methoxy groups -OCH3 is 1. The summed E-state index contributed by atoms with van der Waals surface area (Å²) in [5, 5.41) is 8.32. The number of benzene rings is 2. The quantitative estimate of drug-likeness (QED) is 0.571. The third-order valence-electron chi connectivity index (χ3n) is 3.99. The predicted molar refractivity (Wildman–Crippen MR) is 92.8 cm³/mol. The van der Waals surface area contributed by atoms with E-state index in [1.165, 1.54) is 12.1 Å². The van der Waals surface area contributed by atoms with Crippen molar-refractivity contribution >= 4 is 11.2 Å². The summed E-state index contributed by atoms with van der Waals surface area (Å²) in [6, 6.07) is 17.9. The van der Waals surface area contributed by atoms with E-state index in [2.05, 4.69) is 10.3 Å². The second kappa shape index (κ2) is 6.32. The Morgan fingerprint density at radius 3 is 2.44 bits per heavy atom. The van der Waals surface area contributed by atoms with Crippen molar-refractivity contribution in [2.24, 2.45) is 0 Å². The molecule has 0 saturated heterocycles. The summed E-state index contributed by atoms with van der Waals surface area (Å²) < 4.78 is 20.0. The van der Waals surface area contributed by atoms with E-state index in [0.29, 0.717) is 12.2 Å². The highest BCUT2D eigenvalue weighted by molar-refractivity contribution is 5.74. The van der Waals surface area contributed by atoms with Gasteiger partial charge in [0.15, 0.2) is 5.65 Å².